The van der Waals surface area contributed by atoms with Crippen LogP contribution < -0.4 is 15.5 Å². The Morgan fingerprint density at radius 3 is 2.41 bits per heavy atom. The summed E-state index contributed by atoms with van der Waals surface area (Å²) in [6.07, 6.45) is 1.64. The molecule has 0 bridgehead atoms. The molecule has 0 saturated carbocycles. The van der Waals surface area contributed by atoms with Crippen LogP contribution in [0.3, 0.4) is 0 Å². The second-order valence-electron chi connectivity index (χ2n) is 5.61. The number of anilines is 2. The number of benzene rings is 1. The number of aryl methyl sites for hydroxylation is 1. The van der Waals surface area contributed by atoms with Gasteiger partial charge in [-0.25, -0.2) is 4.98 Å². The first-order valence-electron chi connectivity index (χ1n) is 7.46. The van der Waals surface area contributed by atoms with Crippen molar-refractivity contribution >= 4 is 17.2 Å². The Morgan fingerprint density at radius 1 is 1.09 bits per heavy atom. The maximum atomic E-state index is 8.83. The Balaban J connectivity index is 1.68. The van der Waals surface area contributed by atoms with Crippen LogP contribution in [-0.2, 0) is 0 Å². The number of hydrogen-bond acceptors (Lipinski definition) is 4. The highest BCUT2D eigenvalue weighted by atomic mass is 15.3. The quantitative estimate of drug-likeness (QED) is 0.910. The molecule has 0 amide bonds. The molecule has 1 aromatic carbocycles. The van der Waals surface area contributed by atoms with Gasteiger partial charge in [-0.3, -0.25) is 0 Å². The Morgan fingerprint density at radius 2 is 1.82 bits per heavy atom. The van der Waals surface area contributed by atoms with Crippen LogP contribution >= 0.6 is 0 Å². The van der Waals surface area contributed by atoms with E-state index in [4.69, 9.17) is 5.26 Å². The van der Waals surface area contributed by atoms with Gasteiger partial charge in [0.2, 0.25) is 0 Å². The lowest BCUT2D eigenvalue weighted by molar-refractivity contribution is -0.254. The highest BCUT2D eigenvalue weighted by Crippen LogP contribution is 2.24. The number of pyridine rings is 1. The van der Waals surface area contributed by atoms with Crippen molar-refractivity contribution in [3.8, 4) is 6.07 Å². The molecular formula is C17H20N5+. The number of hydrogen-bond donors (Lipinski definition) is 1. The fourth-order valence-electron chi connectivity index (χ4n) is 2.89. The van der Waals surface area contributed by atoms with E-state index in [0.29, 0.717) is 5.56 Å². The lowest BCUT2D eigenvalue weighted by Gasteiger charge is -2.37. The summed E-state index contributed by atoms with van der Waals surface area (Å²) in [6.45, 7) is 5.95. The van der Waals surface area contributed by atoms with Crippen LogP contribution in [-0.4, -0.2) is 31.2 Å². The predicted molar refractivity (Wildman–Crippen MR) is 87.1 cm³/mol. The lowest BCUT2D eigenvalue weighted by Crippen LogP contribution is -2.47. The average molecular weight is 294 g/mol. The summed E-state index contributed by atoms with van der Waals surface area (Å²) in [5, 5.41) is 8.83. The summed E-state index contributed by atoms with van der Waals surface area (Å²) in [5.74, 6) is 0.948. The van der Waals surface area contributed by atoms with Crippen molar-refractivity contribution in [1.29, 1.82) is 5.26 Å². The van der Waals surface area contributed by atoms with Gasteiger partial charge >= 0.3 is 0 Å². The van der Waals surface area contributed by atoms with E-state index in [0.717, 1.165) is 37.7 Å². The molecule has 1 fully saturated rings. The standard InChI is InChI=1S/C17H19N5/c1-13-10-15(19)3-4-16(13)21-6-8-22(9-7-21)17-5-2-14(11-18)12-20-17/h2-5,10,12H,6-9,19H2,1H3/p+1. The molecule has 0 atom stereocenters. The van der Waals surface area contributed by atoms with Crippen molar-refractivity contribution in [1.82, 2.24) is 4.98 Å². The van der Waals surface area contributed by atoms with Gasteiger partial charge in [-0.2, -0.15) is 5.26 Å². The van der Waals surface area contributed by atoms with Crippen LogP contribution in [0.25, 0.3) is 0 Å². The predicted octanol–water partition coefficient (Wildman–Crippen LogP) is 1.46. The van der Waals surface area contributed by atoms with Crippen molar-refractivity contribution in [3.63, 3.8) is 0 Å². The summed E-state index contributed by atoms with van der Waals surface area (Å²) in [4.78, 5) is 9.05. The highest BCUT2D eigenvalue weighted by molar-refractivity contribution is 5.58. The van der Waals surface area contributed by atoms with Gasteiger partial charge in [-0.05, 0) is 30.7 Å². The Kier molecular flexibility index (Phi) is 3.94. The second-order valence-corrected chi connectivity index (χ2v) is 5.61. The molecule has 3 N–H and O–H groups in total. The molecule has 112 valence electrons. The molecular weight excluding hydrogens is 274 g/mol. The minimum Gasteiger partial charge on any atom is -0.368 e. The topological polar surface area (TPSA) is 70.8 Å². The third-order valence-corrected chi connectivity index (χ3v) is 4.08. The van der Waals surface area contributed by atoms with Gasteiger partial charge in [-0.15, -0.1) is 0 Å². The normalized spacial score (nSPS) is 14.8. The average Bonchev–Trinajstić information content (AvgIpc) is 2.55. The number of nitrogens with zero attached hydrogens (tertiary/aromatic N) is 4. The Labute approximate surface area is 130 Å². The molecule has 0 unspecified atom stereocenters. The van der Waals surface area contributed by atoms with Gasteiger partial charge in [0, 0.05) is 50.2 Å². The van der Waals surface area contributed by atoms with Crippen LogP contribution in [0.15, 0.2) is 36.5 Å². The van der Waals surface area contributed by atoms with Gasteiger partial charge < -0.3 is 15.5 Å². The number of rotatable bonds is 2. The van der Waals surface area contributed by atoms with E-state index >= 15 is 0 Å². The molecule has 2 aromatic rings. The third-order valence-electron chi connectivity index (χ3n) is 4.08. The fraction of sp³-hybridized carbons (Fsp3) is 0.294. The summed E-state index contributed by atoms with van der Waals surface area (Å²) in [6, 6.07) is 12.2. The van der Waals surface area contributed by atoms with E-state index in [9.17, 15) is 0 Å². The van der Waals surface area contributed by atoms with Crippen molar-refractivity contribution in [2.24, 2.45) is 0 Å². The van der Waals surface area contributed by atoms with E-state index in [1.165, 1.54) is 11.3 Å². The van der Waals surface area contributed by atoms with E-state index in [2.05, 4.69) is 51.7 Å². The van der Waals surface area contributed by atoms with Crippen LogP contribution in [0.1, 0.15) is 11.1 Å². The molecule has 1 aliphatic heterocycles. The molecule has 22 heavy (non-hydrogen) atoms. The molecule has 2 heterocycles. The zero-order valence-corrected chi connectivity index (χ0v) is 12.8. The minimum absolute atomic E-state index is 0.603. The second kappa shape index (κ2) is 6.04. The van der Waals surface area contributed by atoms with Crippen LogP contribution in [0.2, 0.25) is 0 Å². The first-order valence-corrected chi connectivity index (χ1v) is 7.46. The SMILES string of the molecule is Cc1cc([NH3+])ccc1N1CCN(c2ccc(C#N)cn2)CC1. The van der Waals surface area contributed by atoms with E-state index < -0.39 is 0 Å². The highest BCUT2D eigenvalue weighted by Gasteiger charge is 2.19. The number of piperazine rings is 1. The summed E-state index contributed by atoms with van der Waals surface area (Å²) >= 11 is 0. The molecule has 1 aromatic heterocycles. The third kappa shape index (κ3) is 2.87. The van der Waals surface area contributed by atoms with Crippen LogP contribution in [0, 0.1) is 18.3 Å². The molecule has 0 aliphatic carbocycles. The van der Waals surface area contributed by atoms with Gasteiger partial charge in [0.25, 0.3) is 0 Å². The van der Waals surface area contributed by atoms with Crippen molar-refractivity contribution < 1.29 is 5.73 Å². The van der Waals surface area contributed by atoms with Crippen molar-refractivity contribution in [2.75, 3.05) is 36.0 Å². The van der Waals surface area contributed by atoms with Crippen LogP contribution in [0.4, 0.5) is 17.2 Å². The van der Waals surface area contributed by atoms with Crippen LogP contribution in [0.5, 0.6) is 0 Å². The molecule has 5 heteroatoms. The van der Waals surface area contributed by atoms with Gasteiger partial charge in [0.15, 0.2) is 0 Å². The number of nitriles is 1. The largest absolute Gasteiger partial charge is 0.368 e. The molecule has 0 radical (unpaired) electrons. The molecule has 1 aliphatic rings. The van der Waals surface area contributed by atoms with E-state index in [1.54, 1.807) is 6.20 Å². The summed E-state index contributed by atoms with van der Waals surface area (Å²) in [5.41, 5.74) is 8.20. The lowest BCUT2D eigenvalue weighted by atomic mass is 10.1. The Hall–Kier alpha value is -2.58. The zero-order chi connectivity index (χ0) is 15.5. The van der Waals surface area contributed by atoms with E-state index in [-0.39, 0.29) is 0 Å². The zero-order valence-electron chi connectivity index (χ0n) is 12.8. The monoisotopic (exact) mass is 294 g/mol. The van der Waals surface area contributed by atoms with E-state index in [1.807, 2.05) is 12.1 Å². The summed E-state index contributed by atoms with van der Waals surface area (Å²) in [7, 11) is 0. The minimum atomic E-state index is 0.603. The molecule has 3 rings (SSSR count). The Bertz CT molecular complexity index is 694. The first-order chi connectivity index (χ1) is 10.7. The van der Waals surface area contributed by atoms with Gasteiger partial charge in [0.05, 0.1) is 5.56 Å². The smallest absolute Gasteiger partial charge is 0.128 e. The molecule has 1 saturated heterocycles. The van der Waals surface area contributed by atoms with Gasteiger partial charge in [0.1, 0.15) is 17.6 Å². The molecule has 0 spiro atoms. The van der Waals surface area contributed by atoms with Crippen molar-refractivity contribution in [2.45, 2.75) is 6.92 Å². The maximum absolute atomic E-state index is 8.83. The maximum Gasteiger partial charge on any atom is 0.128 e. The van der Waals surface area contributed by atoms with Gasteiger partial charge in [-0.1, -0.05) is 0 Å². The first kappa shape index (κ1) is 14.4. The summed E-state index contributed by atoms with van der Waals surface area (Å²) < 4.78 is 0. The van der Waals surface area contributed by atoms with Crippen molar-refractivity contribution in [3.05, 3.63) is 47.7 Å². The molecule has 5 nitrogen and oxygen atoms in total. The number of quaternary nitrogens is 1. The fourth-order valence-corrected chi connectivity index (χ4v) is 2.89. The number of aromatic nitrogens is 1.